The maximum Gasteiger partial charge on any atom is 0.225 e. The molecule has 26 heavy (non-hydrogen) atoms. The second-order valence-electron chi connectivity index (χ2n) is 7.59. The van der Waals surface area contributed by atoms with E-state index in [4.69, 9.17) is 5.73 Å². The number of halogens is 2. The van der Waals surface area contributed by atoms with Crippen LogP contribution in [0.2, 0.25) is 0 Å². The van der Waals surface area contributed by atoms with E-state index in [9.17, 15) is 4.79 Å². The highest BCUT2D eigenvalue weighted by molar-refractivity contribution is 5.85. The van der Waals surface area contributed by atoms with Crippen molar-refractivity contribution in [2.24, 2.45) is 23.5 Å². The number of rotatable bonds is 2. The van der Waals surface area contributed by atoms with Crippen LogP contribution in [0, 0.1) is 17.8 Å². The van der Waals surface area contributed by atoms with Crippen molar-refractivity contribution in [2.75, 3.05) is 31.1 Å². The summed E-state index contributed by atoms with van der Waals surface area (Å²) in [6.07, 6.45) is 7.40. The first-order valence-corrected chi connectivity index (χ1v) is 9.29. The zero-order valence-corrected chi connectivity index (χ0v) is 16.6. The number of amides is 1. The van der Waals surface area contributed by atoms with Gasteiger partial charge in [-0.2, -0.15) is 5.10 Å². The Morgan fingerprint density at radius 3 is 2.31 bits per heavy atom. The molecule has 1 saturated heterocycles. The molecule has 1 amide bonds. The van der Waals surface area contributed by atoms with Gasteiger partial charge in [-0.05, 0) is 49.7 Å². The number of fused-ring (bicyclic) bond motifs is 2. The third-order valence-corrected chi connectivity index (χ3v) is 6.24. The highest BCUT2D eigenvalue weighted by atomic mass is 35.5. The molecule has 6 nitrogen and oxygen atoms in total. The van der Waals surface area contributed by atoms with Gasteiger partial charge in [0, 0.05) is 44.3 Å². The lowest BCUT2D eigenvalue weighted by Gasteiger charge is -2.45. The maximum atomic E-state index is 13.0. The van der Waals surface area contributed by atoms with Gasteiger partial charge < -0.3 is 15.5 Å². The number of nitrogens with two attached hydrogens (primary N) is 1. The van der Waals surface area contributed by atoms with Crippen molar-refractivity contribution in [3.63, 3.8) is 0 Å². The van der Waals surface area contributed by atoms with Crippen molar-refractivity contribution >= 4 is 36.5 Å². The zero-order chi connectivity index (χ0) is 16.5. The summed E-state index contributed by atoms with van der Waals surface area (Å²) < 4.78 is 0. The lowest BCUT2D eigenvalue weighted by molar-refractivity contribution is -0.138. The molecule has 0 aromatic carbocycles. The first kappa shape index (κ1) is 21.2. The summed E-state index contributed by atoms with van der Waals surface area (Å²) in [4.78, 5) is 17.2. The summed E-state index contributed by atoms with van der Waals surface area (Å²) in [7, 11) is 0. The highest BCUT2D eigenvalue weighted by Gasteiger charge is 2.41. The molecule has 3 aliphatic rings. The Balaban J connectivity index is 0.00000121. The average Bonchev–Trinajstić information content (AvgIpc) is 2.62. The molecule has 2 unspecified atom stereocenters. The minimum atomic E-state index is 0. The Labute approximate surface area is 167 Å². The Hall–Kier alpha value is -1.11. The van der Waals surface area contributed by atoms with Crippen molar-refractivity contribution in [2.45, 2.75) is 38.1 Å². The minimum Gasteiger partial charge on any atom is -0.352 e. The van der Waals surface area contributed by atoms with Crippen molar-refractivity contribution in [1.29, 1.82) is 0 Å². The highest BCUT2D eigenvalue weighted by Crippen LogP contribution is 2.42. The van der Waals surface area contributed by atoms with Crippen molar-refractivity contribution in [3.05, 3.63) is 18.3 Å². The Morgan fingerprint density at radius 2 is 1.73 bits per heavy atom. The number of hydrogen-bond donors (Lipinski definition) is 1. The van der Waals surface area contributed by atoms with Gasteiger partial charge in [-0.15, -0.1) is 29.9 Å². The summed E-state index contributed by atoms with van der Waals surface area (Å²) in [5.41, 5.74) is 6.36. The van der Waals surface area contributed by atoms with Crippen LogP contribution >= 0.6 is 24.8 Å². The van der Waals surface area contributed by atoms with Gasteiger partial charge in [0.2, 0.25) is 5.91 Å². The lowest BCUT2D eigenvalue weighted by Crippen LogP contribution is -2.53. The third kappa shape index (κ3) is 4.24. The molecule has 4 rings (SSSR count). The third-order valence-electron chi connectivity index (χ3n) is 6.24. The zero-order valence-electron chi connectivity index (χ0n) is 15.0. The number of carbonyl (C=O) groups is 1. The summed E-state index contributed by atoms with van der Waals surface area (Å²) >= 11 is 0. The van der Waals surface area contributed by atoms with Crippen LogP contribution < -0.4 is 10.6 Å². The summed E-state index contributed by atoms with van der Waals surface area (Å²) in [6, 6.07) is 4.22. The van der Waals surface area contributed by atoms with Crippen molar-refractivity contribution in [3.8, 4) is 0 Å². The van der Waals surface area contributed by atoms with E-state index in [-0.39, 0.29) is 30.7 Å². The maximum absolute atomic E-state index is 13.0. The normalized spacial score (nSPS) is 30.8. The molecule has 2 heterocycles. The standard InChI is InChI=1S/C18H27N5O.2ClH/c19-17-13-3-1-4-14(17)12-15(11-13)18(24)23-9-7-22(8-10-23)16-5-2-6-20-21-16;;/h2,5-6,13-15,17H,1,3-4,7-12,19H2;2*1H. The molecule has 2 N–H and O–H groups in total. The fraction of sp³-hybridized carbons (Fsp3) is 0.722. The van der Waals surface area contributed by atoms with Gasteiger partial charge in [0.1, 0.15) is 0 Å². The molecular formula is C18H29Cl2N5O. The quantitative estimate of drug-likeness (QED) is 0.820. The molecule has 146 valence electrons. The molecule has 2 bridgehead atoms. The van der Waals surface area contributed by atoms with Crippen LogP contribution in [0.25, 0.3) is 0 Å². The second kappa shape index (κ2) is 9.20. The van der Waals surface area contributed by atoms with E-state index in [1.807, 2.05) is 12.1 Å². The van der Waals surface area contributed by atoms with Crippen LogP contribution in [0.15, 0.2) is 18.3 Å². The van der Waals surface area contributed by atoms with Gasteiger partial charge in [-0.1, -0.05) is 6.42 Å². The summed E-state index contributed by atoms with van der Waals surface area (Å²) in [6.45, 7) is 3.24. The molecular weight excluding hydrogens is 373 g/mol. The van der Waals surface area contributed by atoms with Gasteiger partial charge in [0.15, 0.2) is 5.82 Å². The Morgan fingerprint density at radius 1 is 1.08 bits per heavy atom. The van der Waals surface area contributed by atoms with Crippen LogP contribution in [0.3, 0.4) is 0 Å². The number of aromatic nitrogens is 2. The largest absolute Gasteiger partial charge is 0.352 e. The number of anilines is 1. The Kier molecular flexibility index (Phi) is 7.50. The van der Waals surface area contributed by atoms with E-state index in [0.717, 1.165) is 44.8 Å². The SMILES string of the molecule is Cl.Cl.NC1C2CCCC1CC(C(=O)N1CCN(c3cccnn3)CC1)C2. The molecule has 0 spiro atoms. The number of piperazine rings is 1. The van der Waals surface area contributed by atoms with Gasteiger partial charge in [0.05, 0.1) is 0 Å². The average molecular weight is 402 g/mol. The van der Waals surface area contributed by atoms with Gasteiger partial charge >= 0.3 is 0 Å². The molecule has 2 saturated carbocycles. The molecule has 0 radical (unpaired) electrons. The van der Waals surface area contributed by atoms with Crippen LogP contribution in [0.5, 0.6) is 0 Å². The number of carbonyl (C=O) groups excluding carboxylic acids is 1. The van der Waals surface area contributed by atoms with Crippen molar-refractivity contribution < 1.29 is 4.79 Å². The van der Waals surface area contributed by atoms with E-state index < -0.39 is 0 Å². The second-order valence-corrected chi connectivity index (χ2v) is 7.59. The van der Waals surface area contributed by atoms with Gasteiger partial charge in [-0.25, -0.2) is 0 Å². The van der Waals surface area contributed by atoms with Gasteiger partial charge in [-0.3, -0.25) is 4.79 Å². The first-order chi connectivity index (χ1) is 11.7. The Bertz CT molecular complexity index is 568. The van der Waals surface area contributed by atoms with Crippen LogP contribution in [0.4, 0.5) is 5.82 Å². The van der Waals surface area contributed by atoms with Gasteiger partial charge in [0.25, 0.3) is 0 Å². The molecule has 2 aliphatic carbocycles. The molecule has 1 aliphatic heterocycles. The lowest BCUT2D eigenvalue weighted by atomic mass is 9.65. The van der Waals surface area contributed by atoms with Crippen LogP contribution in [0.1, 0.15) is 32.1 Å². The van der Waals surface area contributed by atoms with E-state index in [1.165, 1.54) is 19.3 Å². The molecule has 2 atom stereocenters. The fourth-order valence-electron chi connectivity index (χ4n) is 4.87. The molecule has 3 fully saturated rings. The molecule has 8 heteroatoms. The summed E-state index contributed by atoms with van der Waals surface area (Å²) in [5, 5.41) is 8.11. The summed E-state index contributed by atoms with van der Waals surface area (Å²) in [5.74, 6) is 2.59. The van der Waals surface area contributed by atoms with E-state index in [0.29, 0.717) is 23.8 Å². The van der Waals surface area contributed by atoms with Crippen molar-refractivity contribution in [1.82, 2.24) is 15.1 Å². The number of nitrogens with zero attached hydrogens (tertiary/aromatic N) is 4. The predicted molar refractivity (Wildman–Crippen MR) is 107 cm³/mol. The van der Waals surface area contributed by atoms with Crippen LogP contribution in [-0.4, -0.2) is 53.2 Å². The van der Waals surface area contributed by atoms with E-state index in [2.05, 4.69) is 20.0 Å². The predicted octanol–water partition coefficient (Wildman–Crippen LogP) is 2.12. The van der Waals surface area contributed by atoms with Crippen LogP contribution in [-0.2, 0) is 4.79 Å². The van der Waals surface area contributed by atoms with E-state index in [1.54, 1.807) is 6.20 Å². The monoisotopic (exact) mass is 401 g/mol. The smallest absolute Gasteiger partial charge is 0.225 e. The molecule has 1 aromatic rings. The first-order valence-electron chi connectivity index (χ1n) is 9.29. The minimum absolute atomic E-state index is 0. The molecule has 1 aromatic heterocycles. The topological polar surface area (TPSA) is 75.4 Å². The number of hydrogen-bond acceptors (Lipinski definition) is 5. The van der Waals surface area contributed by atoms with E-state index >= 15 is 0 Å². The fourth-order valence-corrected chi connectivity index (χ4v) is 4.87.